The average Bonchev–Trinajstić information content (AvgIpc) is 2.76. The molecule has 0 amide bonds. The Bertz CT molecular complexity index is 94.6. The van der Waals surface area contributed by atoms with Gasteiger partial charge in [0, 0.05) is 6.42 Å². The van der Waals surface area contributed by atoms with Crippen LogP contribution >= 0.6 is 0 Å². The summed E-state index contributed by atoms with van der Waals surface area (Å²) in [5.41, 5.74) is 0. The van der Waals surface area contributed by atoms with Crippen LogP contribution in [0.15, 0.2) is 0 Å². The summed E-state index contributed by atoms with van der Waals surface area (Å²) in [5.74, 6) is 0. The number of rotatable bonds is 6. The molecule has 0 aromatic heterocycles. The highest BCUT2D eigenvalue weighted by molar-refractivity contribution is 4.87. The standard InChI is InChI=1S/C4H8O7/c1-6-10-7-3-2-4(3)8-11-9-5/h3-5H,2H2,1H3. The Morgan fingerprint density at radius 3 is 2.36 bits per heavy atom. The van der Waals surface area contributed by atoms with Gasteiger partial charge in [0.1, 0.15) is 12.2 Å². The molecular formula is C4H8O7. The van der Waals surface area contributed by atoms with Crippen molar-refractivity contribution in [1.29, 1.82) is 0 Å². The molecule has 0 aliphatic heterocycles. The molecule has 7 nitrogen and oxygen atoms in total. The lowest BCUT2D eigenvalue weighted by Gasteiger charge is -1.97. The third-order valence-corrected chi connectivity index (χ3v) is 1.10. The van der Waals surface area contributed by atoms with Gasteiger partial charge >= 0.3 is 0 Å². The molecule has 1 N–H and O–H groups in total. The lowest BCUT2D eigenvalue weighted by molar-refractivity contribution is -0.628. The predicted molar refractivity (Wildman–Crippen MR) is 27.3 cm³/mol. The molecule has 2 atom stereocenters. The minimum atomic E-state index is -0.294. The Morgan fingerprint density at radius 2 is 1.82 bits per heavy atom. The van der Waals surface area contributed by atoms with Crippen molar-refractivity contribution in [3.05, 3.63) is 0 Å². The van der Waals surface area contributed by atoms with Crippen molar-refractivity contribution < 1.29 is 35.0 Å². The molecule has 0 radical (unpaired) electrons. The largest absolute Gasteiger partial charge is 0.219 e. The summed E-state index contributed by atoms with van der Waals surface area (Å²) in [5, 5.41) is 18.7. The minimum absolute atomic E-state index is 0.245. The maximum atomic E-state index is 7.66. The van der Waals surface area contributed by atoms with Gasteiger partial charge in [-0.1, -0.05) is 5.04 Å². The van der Waals surface area contributed by atoms with E-state index in [2.05, 4.69) is 29.8 Å². The van der Waals surface area contributed by atoms with Gasteiger partial charge in [0.05, 0.1) is 7.11 Å². The first kappa shape index (κ1) is 8.81. The zero-order chi connectivity index (χ0) is 8.10. The molecule has 2 unspecified atom stereocenters. The van der Waals surface area contributed by atoms with Crippen LogP contribution in [0.2, 0.25) is 0 Å². The number of hydrogen-bond donors (Lipinski definition) is 1. The van der Waals surface area contributed by atoms with Crippen molar-refractivity contribution in [1.82, 2.24) is 0 Å². The lowest BCUT2D eigenvalue weighted by Crippen LogP contribution is -2.04. The van der Waals surface area contributed by atoms with E-state index in [-0.39, 0.29) is 12.2 Å². The van der Waals surface area contributed by atoms with Crippen LogP contribution in [-0.4, -0.2) is 24.6 Å². The zero-order valence-electron chi connectivity index (χ0n) is 5.76. The van der Waals surface area contributed by atoms with Gasteiger partial charge in [-0.25, -0.2) is 10.1 Å². The van der Waals surface area contributed by atoms with E-state index >= 15 is 0 Å². The maximum absolute atomic E-state index is 7.66. The van der Waals surface area contributed by atoms with Crippen LogP contribution in [0, 0.1) is 0 Å². The van der Waals surface area contributed by atoms with Crippen molar-refractivity contribution >= 4 is 0 Å². The third-order valence-electron chi connectivity index (χ3n) is 1.10. The van der Waals surface area contributed by atoms with Gasteiger partial charge in [-0.05, 0) is 10.1 Å². The molecule has 7 heteroatoms. The van der Waals surface area contributed by atoms with Crippen LogP contribution in [0.25, 0.3) is 0 Å². The summed E-state index contributed by atoms with van der Waals surface area (Å²) in [6.07, 6.45) is 0.0506. The van der Waals surface area contributed by atoms with E-state index in [1.165, 1.54) is 7.11 Å². The van der Waals surface area contributed by atoms with Crippen molar-refractivity contribution in [3.8, 4) is 0 Å². The van der Waals surface area contributed by atoms with Crippen molar-refractivity contribution in [2.75, 3.05) is 7.11 Å². The van der Waals surface area contributed by atoms with Crippen LogP contribution in [0.4, 0.5) is 0 Å². The van der Waals surface area contributed by atoms with Crippen molar-refractivity contribution in [2.45, 2.75) is 18.6 Å². The maximum Gasteiger partial charge on any atom is 0.128 e. The second-order valence-corrected chi connectivity index (χ2v) is 1.88. The minimum Gasteiger partial charge on any atom is -0.219 e. The van der Waals surface area contributed by atoms with Gasteiger partial charge in [-0.2, -0.15) is 9.78 Å². The second-order valence-electron chi connectivity index (χ2n) is 1.88. The molecule has 0 aromatic carbocycles. The van der Waals surface area contributed by atoms with Gasteiger partial charge in [-0.3, -0.25) is 0 Å². The Kier molecular flexibility index (Phi) is 3.66. The fourth-order valence-electron chi connectivity index (χ4n) is 0.511. The summed E-state index contributed by atoms with van der Waals surface area (Å²) in [6, 6.07) is 0. The summed E-state index contributed by atoms with van der Waals surface area (Å²) in [6.45, 7) is 0. The molecule has 0 aromatic rings. The van der Waals surface area contributed by atoms with E-state index in [0.717, 1.165) is 0 Å². The van der Waals surface area contributed by atoms with E-state index in [4.69, 9.17) is 5.26 Å². The normalized spacial score (nSPS) is 28.9. The number of hydrogen-bond acceptors (Lipinski definition) is 7. The Hall–Kier alpha value is -0.280. The first-order valence-electron chi connectivity index (χ1n) is 2.88. The smallest absolute Gasteiger partial charge is 0.128 e. The summed E-state index contributed by atoms with van der Waals surface area (Å²) in [4.78, 5) is 13.1. The molecule has 0 bridgehead atoms. The first-order valence-corrected chi connectivity index (χ1v) is 2.88. The van der Waals surface area contributed by atoms with Crippen LogP contribution in [0.3, 0.4) is 0 Å². The van der Waals surface area contributed by atoms with E-state index in [1.54, 1.807) is 0 Å². The Morgan fingerprint density at radius 1 is 1.18 bits per heavy atom. The zero-order valence-corrected chi connectivity index (χ0v) is 5.76. The average molecular weight is 168 g/mol. The van der Waals surface area contributed by atoms with Gasteiger partial charge < -0.3 is 0 Å². The molecular weight excluding hydrogens is 160 g/mol. The summed E-state index contributed by atoms with van der Waals surface area (Å²) in [7, 11) is 1.31. The lowest BCUT2D eigenvalue weighted by atomic mass is 10.8. The molecule has 66 valence electrons. The van der Waals surface area contributed by atoms with Crippen LogP contribution in [-0.2, 0) is 29.8 Å². The Labute approximate surface area is 62.0 Å². The predicted octanol–water partition coefficient (Wildman–Crippen LogP) is -0.0103. The first-order chi connectivity index (χ1) is 5.38. The van der Waals surface area contributed by atoms with Crippen molar-refractivity contribution in [2.24, 2.45) is 0 Å². The summed E-state index contributed by atoms with van der Waals surface area (Å²) < 4.78 is 0. The molecule has 0 heterocycles. The molecule has 11 heavy (non-hydrogen) atoms. The molecule has 1 saturated carbocycles. The highest BCUT2D eigenvalue weighted by Gasteiger charge is 2.43. The highest BCUT2D eigenvalue weighted by Crippen LogP contribution is 2.29. The molecule has 1 aliphatic rings. The van der Waals surface area contributed by atoms with Gasteiger partial charge in [-0.15, -0.1) is 0 Å². The summed E-state index contributed by atoms with van der Waals surface area (Å²) >= 11 is 0. The van der Waals surface area contributed by atoms with Gasteiger partial charge in [0.15, 0.2) is 0 Å². The molecule has 0 spiro atoms. The molecule has 1 fully saturated rings. The van der Waals surface area contributed by atoms with Crippen molar-refractivity contribution in [3.63, 3.8) is 0 Å². The third kappa shape index (κ3) is 3.08. The van der Waals surface area contributed by atoms with Crippen LogP contribution in [0.5, 0.6) is 0 Å². The Balaban J connectivity index is 1.89. The van der Waals surface area contributed by atoms with E-state index in [0.29, 0.717) is 6.42 Å². The fraction of sp³-hybridized carbons (Fsp3) is 1.00. The topological polar surface area (TPSA) is 75.6 Å². The molecule has 1 rings (SSSR count). The van der Waals surface area contributed by atoms with Crippen LogP contribution < -0.4 is 0 Å². The van der Waals surface area contributed by atoms with E-state index in [1.807, 2.05) is 0 Å². The molecule has 1 aliphatic carbocycles. The second kappa shape index (κ2) is 4.57. The molecule has 0 saturated heterocycles. The SMILES string of the molecule is COOOC1CC1OOOO. The van der Waals surface area contributed by atoms with Gasteiger partial charge in [0.2, 0.25) is 0 Å². The van der Waals surface area contributed by atoms with Gasteiger partial charge in [0.25, 0.3) is 0 Å². The quantitative estimate of drug-likeness (QED) is 0.441. The van der Waals surface area contributed by atoms with E-state index in [9.17, 15) is 0 Å². The highest BCUT2D eigenvalue weighted by atomic mass is 17.6. The fourth-order valence-corrected chi connectivity index (χ4v) is 0.511. The van der Waals surface area contributed by atoms with E-state index < -0.39 is 0 Å². The van der Waals surface area contributed by atoms with Crippen LogP contribution in [0.1, 0.15) is 6.42 Å². The monoisotopic (exact) mass is 168 g/mol.